The molecule has 0 saturated carbocycles. The number of ether oxygens (including phenoxy) is 1. The molecule has 0 aliphatic rings. The fraction of sp³-hybridized carbons (Fsp3) is 0.125. The number of nitrogens with one attached hydrogen (secondary N) is 1. The van der Waals surface area contributed by atoms with Gasteiger partial charge in [0.2, 0.25) is 0 Å². The molecule has 1 aromatic heterocycles. The van der Waals surface area contributed by atoms with Crippen LogP contribution in [0.5, 0.6) is 5.75 Å². The largest absolute Gasteiger partial charge is 0.492 e. The van der Waals surface area contributed by atoms with Gasteiger partial charge >= 0.3 is 0 Å². The Morgan fingerprint density at radius 1 is 1.32 bits per heavy atom. The average Bonchev–Trinajstić information content (AvgIpc) is 2.91. The Kier molecular flexibility index (Phi) is 4.40. The number of nitrogens with zero attached hydrogens (tertiary/aromatic N) is 1. The number of aromatic nitrogens is 1. The van der Waals surface area contributed by atoms with E-state index in [9.17, 15) is 4.79 Å². The molecule has 0 radical (unpaired) electrons. The molecule has 6 heteroatoms. The molecule has 112 valence electrons. The van der Waals surface area contributed by atoms with Crippen molar-refractivity contribution < 1.29 is 9.53 Å². The van der Waals surface area contributed by atoms with Crippen LogP contribution in [0.2, 0.25) is 0 Å². The molecule has 4 nitrogen and oxygen atoms in total. The van der Waals surface area contributed by atoms with E-state index < -0.39 is 0 Å². The molecule has 0 atom stereocenters. The Hall–Kier alpha value is -1.92. The highest BCUT2D eigenvalue weighted by Crippen LogP contribution is 2.32. The first kappa shape index (κ1) is 15.0. The maximum absolute atomic E-state index is 12.3. The smallest absolute Gasteiger partial charge is 0.257 e. The first-order valence-electron chi connectivity index (χ1n) is 6.76. The van der Waals surface area contributed by atoms with E-state index >= 15 is 0 Å². The fourth-order valence-corrected chi connectivity index (χ4v) is 3.33. The molecule has 3 aromatic rings. The topological polar surface area (TPSA) is 51.2 Å². The van der Waals surface area contributed by atoms with Gasteiger partial charge in [-0.2, -0.15) is 0 Å². The highest BCUT2D eigenvalue weighted by molar-refractivity contribution is 9.10. The molecule has 1 N–H and O–H groups in total. The summed E-state index contributed by atoms with van der Waals surface area (Å²) in [5.74, 6) is 0.553. The number of rotatable bonds is 4. The van der Waals surface area contributed by atoms with Gasteiger partial charge in [0.25, 0.3) is 5.91 Å². The standard InChI is InChI=1S/C16H13BrN2O2S/c1-2-21-12-7-4-8-13-14(12)18-16(22-13)19-15(20)10-5-3-6-11(17)9-10/h3-9H,2H2,1H3,(H,18,19,20). The average molecular weight is 377 g/mol. The number of benzene rings is 2. The van der Waals surface area contributed by atoms with Crippen LogP contribution >= 0.6 is 27.3 Å². The van der Waals surface area contributed by atoms with Gasteiger partial charge in [-0.15, -0.1) is 0 Å². The van der Waals surface area contributed by atoms with E-state index in [0.717, 1.165) is 20.4 Å². The molecule has 0 spiro atoms. The van der Waals surface area contributed by atoms with Crippen LogP contribution in [0, 0.1) is 0 Å². The number of hydrogen-bond donors (Lipinski definition) is 1. The third-order valence-electron chi connectivity index (χ3n) is 2.99. The predicted octanol–water partition coefficient (Wildman–Crippen LogP) is 4.71. The lowest BCUT2D eigenvalue weighted by atomic mass is 10.2. The summed E-state index contributed by atoms with van der Waals surface area (Å²) in [6.07, 6.45) is 0. The van der Waals surface area contributed by atoms with Gasteiger partial charge in [0.1, 0.15) is 11.3 Å². The van der Waals surface area contributed by atoms with Gasteiger partial charge in [-0.1, -0.05) is 39.4 Å². The first-order chi connectivity index (χ1) is 10.7. The lowest BCUT2D eigenvalue weighted by molar-refractivity contribution is 0.102. The van der Waals surface area contributed by atoms with E-state index in [1.807, 2.05) is 37.3 Å². The van der Waals surface area contributed by atoms with Crippen LogP contribution in [0.15, 0.2) is 46.9 Å². The van der Waals surface area contributed by atoms with Crippen LogP contribution in [0.3, 0.4) is 0 Å². The van der Waals surface area contributed by atoms with Crippen LogP contribution in [-0.2, 0) is 0 Å². The number of hydrogen-bond acceptors (Lipinski definition) is 4. The predicted molar refractivity (Wildman–Crippen MR) is 92.9 cm³/mol. The van der Waals surface area contributed by atoms with E-state index in [-0.39, 0.29) is 5.91 Å². The summed E-state index contributed by atoms with van der Waals surface area (Å²) in [4.78, 5) is 16.7. The van der Waals surface area contributed by atoms with Crippen LogP contribution in [0.25, 0.3) is 10.2 Å². The van der Waals surface area contributed by atoms with Crippen molar-refractivity contribution in [2.45, 2.75) is 6.92 Å². The van der Waals surface area contributed by atoms with Crippen LogP contribution in [0.1, 0.15) is 17.3 Å². The van der Waals surface area contributed by atoms with Crippen LogP contribution < -0.4 is 10.1 Å². The number of carbonyl (C=O) groups is 1. The molecule has 0 saturated heterocycles. The van der Waals surface area contributed by atoms with Crippen molar-refractivity contribution in [1.82, 2.24) is 4.98 Å². The lowest BCUT2D eigenvalue weighted by Crippen LogP contribution is -2.11. The summed E-state index contributed by atoms with van der Waals surface area (Å²) < 4.78 is 7.41. The zero-order valence-electron chi connectivity index (χ0n) is 11.8. The van der Waals surface area contributed by atoms with Gasteiger partial charge in [-0.3, -0.25) is 10.1 Å². The normalized spacial score (nSPS) is 10.6. The number of anilines is 1. The summed E-state index contributed by atoms with van der Waals surface area (Å²) in [5, 5.41) is 3.40. The summed E-state index contributed by atoms with van der Waals surface area (Å²) in [5.41, 5.74) is 1.36. The van der Waals surface area contributed by atoms with Gasteiger partial charge in [-0.05, 0) is 37.3 Å². The fourth-order valence-electron chi connectivity index (χ4n) is 2.05. The van der Waals surface area contributed by atoms with Crippen LogP contribution in [-0.4, -0.2) is 17.5 Å². The molecule has 0 fully saturated rings. The Balaban J connectivity index is 1.88. The summed E-state index contributed by atoms with van der Waals surface area (Å²) in [6, 6.07) is 13.0. The molecule has 0 bridgehead atoms. The zero-order valence-corrected chi connectivity index (χ0v) is 14.2. The Morgan fingerprint density at radius 3 is 2.91 bits per heavy atom. The number of halogens is 1. The molecule has 1 heterocycles. The number of carbonyl (C=O) groups excluding carboxylic acids is 1. The maximum Gasteiger partial charge on any atom is 0.257 e. The van der Waals surface area contributed by atoms with E-state index in [1.165, 1.54) is 11.3 Å². The Morgan fingerprint density at radius 2 is 2.14 bits per heavy atom. The third-order valence-corrected chi connectivity index (χ3v) is 4.42. The van der Waals surface area contributed by atoms with Gasteiger partial charge in [0.05, 0.1) is 11.3 Å². The third kappa shape index (κ3) is 3.13. The molecular weight excluding hydrogens is 364 g/mol. The van der Waals surface area contributed by atoms with Crippen molar-refractivity contribution in [3.63, 3.8) is 0 Å². The molecule has 3 rings (SSSR count). The molecular formula is C16H13BrN2O2S. The van der Waals surface area contributed by atoms with Crippen molar-refractivity contribution in [1.29, 1.82) is 0 Å². The summed E-state index contributed by atoms with van der Waals surface area (Å²) in [7, 11) is 0. The van der Waals surface area contributed by atoms with E-state index in [1.54, 1.807) is 12.1 Å². The highest BCUT2D eigenvalue weighted by atomic mass is 79.9. The minimum Gasteiger partial charge on any atom is -0.492 e. The quantitative estimate of drug-likeness (QED) is 0.717. The molecule has 0 aliphatic heterocycles. The van der Waals surface area contributed by atoms with Crippen molar-refractivity contribution in [2.24, 2.45) is 0 Å². The molecule has 22 heavy (non-hydrogen) atoms. The van der Waals surface area contributed by atoms with Crippen molar-refractivity contribution in [3.05, 3.63) is 52.5 Å². The molecule has 1 amide bonds. The molecule has 2 aromatic carbocycles. The minimum absolute atomic E-state index is 0.182. The zero-order chi connectivity index (χ0) is 15.5. The molecule has 0 unspecified atom stereocenters. The maximum atomic E-state index is 12.3. The summed E-state index contributed by atoms with van der Waals surface area (Å²) >= 11 is 4.79. The first-order valence-corrected chi connectivity index (χ1v) is 8.37. The monoisotopic (exact) mass is 376 g/mol. The molecule has 0 aliphatic carbocycles. The number of fused-ring (bicyclic) bond motifs is 1. The summed E-state index contributed by atoms with van der Waals surface area (Å²) in [6.45, 7) is 2.51. The number of thiazole rings is 1. The lowest BCUT2D eigenvalue weighted by Gasteiger charge is -2.02. The van der Waals surface area contributed by atoms with E-state index in [2.05, 4.69) is 26.2 Å². The van der Waals surface area contributed by atoms with Gasteiger partial charge in [-0.25, -0.2) is 4.98 Å². The Labute approximate surface area is 140 Å². The number of para-hydroxylation sites is 1. The van der Waals surface area contributed by atoms with Crippen molar-refractivity contribution in [2.75, 3.05) is 11.9 Å². The Bertz CT molecular complexity index is 832. The second kappa shape index (κ2) is 6.46. The SMILES string of the molecule is CCOc1cccc2sc(NC(=O)c3cccc(Br)c3)nc12. The second-order valence-electron chi connectivity index (χ2n) is 4.52. The minimum atomic E-state index is -0.182. The van der Waals surface area contributed by atoms with Crippen LogP contribution in [0.4, 0.5) is 5.13 Å². The van der Waals surface area contributed by atoms with Gasteiger partial charge < -0.3 is 4.74 Å². The van der Waals surface area contributed by atoms with E-state index in [0.29, 0.717) is 17.3 Å². The van der Waals surface area contributed by atoms with E-state index in [4.69, 9.17) is 4.74 Å². The van der Waals surface area contributed by atoms with Crippen molar-refractivity contribution >= 4 is 48.5 Å². The van der Waals surface area contributed by atoms with Gasteiger partial charge in [0.15, 0.2) is 5.13 Å². The number of amides is 1. The van der Waals surface area contributed by atoms with Crippen molar-refractivity contribution in [3.8, 4) is 5.75 Å². The van der Waals surface area contributed by atoms with Gasteiger partial charge in [0, 0.05) is 10.0 Å². The second-order valence-corrected chi connectivity index (χ2v) is 6.47. The highest BCUT2D eigenvalue weighted by Gasteiger charge is 2.12.